The van der Waals surface area contributed by atoms with Crippen LogP contribution in [-0.4, -0.2) is 16.3 Å². The number of aromatic nitrogens is 2. The standard InChI is InChI=1S/C9H6N2O2/c12-5-8-1-2-9(13-8)7-3-10-6-11-4-7/h1-6H. The summed E-state index contributed by atoms with van der Waals surface area (Å²) in [7, 11) is 0. The lowest BCUT2D eigenvalue weighted by Gasteiger charge is -1.92. The van der Waals surface area contributed by atoms with Crippen LogP contribution >= 0.6 is 0 Å². The molecule has 0 spiro atoms. The molecule has 0 aliphatic heterocycles. The average Bonchev–Trinajstić information content (AvgIpc) is 2.67. The number of hydrogen-bond donors (Lipinski definition) is 0. The van der Waals surface area contributed by atoms with E-state index >= 15 is 0 Å². The second-order valence-corrected chi connectivity index (χ2v) is 2.45. The van der Waals surface area contributed by atoms with Gasteiger partial charge < -0.3 is 4.42 Å². The van der Waals surface area contributed by atoms with Gasteiger partial charge in [-0.05, 0) is 12.1 Å². The Bertz CT molecular complexity index is 409. The predicted molar refractivity (Wildman–Crippen MR) is 45.1 cm³/mol. The van der Waals surface area contributed by atoms with Gasteiger partial charge in [-0.15, -0.1) is 0 Å². The molecule has 0 saturated heterocycles. The first kappa shape index (κ1) is 7.67. The number of carbonyl (C=O) groups is 1. The van der Waals surface area contributed by atoms with Crippen LogP contribution in [0.2, 0.25) is 0 Å². The zero-order valence-corrected chi connectivity index (χ0v) is 6.68. The van der Waals surface area contributed by atoms with Gasteiger partial charge in [-0.25, -0.2) is 9.97 Å². The van der Waals surface area contributed by atoms with Crippen molar-refractivity contribution >= 4 is 6.29 Å². The van der Waals surface area contributed by atoms with Crippen LogP contribution in [0.4, 0.5) is 0 Å². The second kappa shape index (κ2) is 3.18. The molecule has 4 nitrogen and oxygen atoms in total. The third kappa shape index (κ3) is 1.46. The Labute approximate surface area is 74.2 Å². The van der Waals surface area contributed by atoms with Crippen LogP contribution in [0.25, 0.3) is 11.3 Å². The third-order valence-electron chi connectivity index (χ3n) is 1.59. The van der Waals surface area contributed by atoms with E-state index in [1.807, 2.05) is 0 Å². The van der Waals surface area contributed by atoms with Crippen molar-refractivity contribution in [2.75, 3.05) is 0 Å². The average molecular weight is 174 g/mol. The normalized spacial score (nSPS) is 9.85. The summed E-state index contributed by atoms with van der Waals surface area (Å²) in [5, 5.41) is 0. The van der Waals surface area contributed by atoms with Crippen molar-refractivity contribution in [2.45, 2.75) is 0 Å². The van der Waals surface area contributed by atoms with Gasteiger partial charge in [0.2, 0.25) is 0 Å². The van der Waals surface area contributed by atoms with E-state index in [1.54, 1.807) is 24.5 Å². The van der Waals surface area contributed by atoms with Crippen LogP contribution in [0.3, 0.4) is 0 Å². The molecule has 2 heterocycles. The predicted octanol–water partition coefficient (Wildman–Crippen LogP) is 1.55. The molecule has 0 aliphatic rings. The lowest BCUT2D eigenvalue weighted by Crippen LogP contribution is -1.78. The highest BCUT2D eigenvalue weighted by Crippen LogP contribution is 2.18. The minimum Gasteiger partial charge on any atom is -0.453 e. The minimum atomic E-state index is 0.304. The van der Waals surface area contributed by atoms with Crippen molar-refractivity contribution in [2.24, 2.45) is 0 Å². The first-order chi connectivity index (χ1) is 6.40. The molecule has 0 fully saturated rings. The fourth-order valence-electron chi connectivity index (χ4n) is 0.998. The molecule has 64 valence electrons. The Morgan fingerprint density at radius 2 is 2.00 bits per heavy atom. The summed E-state index contributed by atoms with van der Waals surface area (Å²) in [5.74, 6) is 0.904. The largest absolute Gasteiger partial charge is 0.453 e. The highest BCUT2D eigenvalue weighted by molar-refractivity contribution is 5.72. The van der Waals surface area contributed by atoms with Crippen molar-refractivity contribution in [3.63, 3.8) is 0 Å². The molecule has 0 amide bonds. The van der Waals surface area contributed by atoms with E-state index in [9.17, 15) is 4.79 Å². The summed E-state index contributed by atoms with van der Waals surface area (Å²) in [6.07, 6.45) is 5.35. The molecule has 0 bridgehead atoms. The van der Waals surface area contributed by atoms with Crippen molar-refractivity contribution in [3.05, 3.63) is 36.6 Å². The van der Waals surface area contributed by atoms with Crippen LogP contribution in [-0.2, 0) is 0 Å². The van der Waals surface area contributed by atoms with E-state index < -0.39 is 0 Å². The lowest BCUT2D eigenvalue weighted by atomic mass is 10.3. The maximum absolute atomic E-state index is 10.3. The van der Waals surface area contributed by atoms with Gasteiger partial charge in [-0.3, -0.25) is 4.79 Å². The molecule has 0 unspecified atom stereocenters. The molecule has 0 N–H and O–H groups in total. The fraction of sp³-hybridized carbons (Fsp3) is 0. The molecule has 0 saturated carbocycles. The van der Waals surface area contributed by atoms with E-state index in [2.05, 4.69) is 9.97 Å². The van der Waals surface area contributed by atoms with Crippen LogP contribution in [0.15, 0.2) is 35.3 Å². The van der Waals surface area contributed by atoms with E-state index in [0.717, 1.165) is 5.56 Å². The number of rotatable bonds is 2. The van der Waals surface area contributed by atoms with Crippen molar-refractivity contribution in [1.29, 1.82) is 0 Å². The Kier molecular flexibility index (Phi) is 1.88. The molecule has 0 aliphatic carbocycles. The maximum Gasteiger partial charge on any atom is 0.185 e. The summed E-state index contributed by atoms with van der Waals surface area (Å²) < 4.78 is 5.17. The van der Waals surface area contributed by atoms with Gasteiger partial charge in [0.1, 0.15) is 12.1 Å². The van der Waals surface area contributed by atoms with Gasteiger partial charge in [0.25, 0.3) is 0 Å². The Morgan fingerprint density at radius 3 is 2.62 bits per heavy atom. The van der Waals surface area contributed by atoms with Gasteiger partial charge in [-0.2, -0.15) is 0 Å². The van der Waals surface area contributed by atoms with Gasteiger partial charge in [0.15, 0.2) is 12.0 Å². The van der Waals surface area contributed by atoms with Gasteiger partial charge >= 0.3 is 0 Å². The molecule has 0 aromatic carbocycles. The number of aldehydes is 1. The van der Waals surface area contributed by atoms with E-state index in [1.165, 1.54) is 6.33 Å². The summed E-state index contributed by atoms with van der Waals surface area (Å²) >= 11 is 0. The maximum atomic E-state index is 10.3. The van der Waals surface area contributed by atoms with Gasteiger partial charge in [-0.1, -0.05) is 0 Å². The molecule has 13 heavy (non-hydrogen) atoms. The lowest BCUT2D eigenvalue weighted by molar-refractivity contribution is 0.110. The second-order valence-electron chi connectivity index (χ2n) is 2.45. The molecule has 0 radical (unpaired) electrons. The first-order valence-electron chi connectivity index (χ1n) is 3.70. The van der Waals surface area contributed by atoms with Gasteiger partial charge in [0.05, 0.1) is 5.56 Å². The highest BCUT2D eigenvalue weighted by Gasteiger charge is 2.03. The smallest absolute Gasteiger partial charge is 0.185 e. The molecular weight excluding hydrogens is 168 g/mol. The summed E-state index contributed by atoms with van der Waals surface area (Å²) in [5.41, 5.74) is 0.760. The minimum absolute atomic E-state index is 0.304. The Hall–Kier alpha value is -1.97. The van der Waals surface area contributed by atoms with Crippen LogP contribution < -0.4 is 0 Å². The quantitative estimate of drug-likeness (QED) is 0.648. The summed E-state index contributed by atoms with van der Waals surface area (Å²) in [6, 6.07) is 3.32. The zero-order valence-electron chi connectivity index (χ0n) is 6.68. The van der Waals surface area contributed by atoms with Gasteiger partial charge in [0, 0.05) is 12.4 Å². The number of hydrogen-bond acceptors (Lipinski definition) is 4. The Balaban J connectivity index is 2.41. The van der Waals surface area contributed by atoms with Crippen LogP contribution in [0, 0.1) is 0 Å². The topological polar surface area (TPSA) is 56.0 Å². The number of nitrogens with zero attached hydrogens (tertiary/aromatic N) is 2. The van der Waals surface area contributed by atoms with Crippen molar-refractivity contribution in [1.82, 2.24) is 9.97 Å². The molecule has 0 atom stereocenters. The highest BCUT2D eigenvalue weighted by atomic mass is 16.3. The van der Waals surface area contributed by atoms with E-state index in [-0.39, 0.29) is 0 Å². The summed E-state index contributed by atoms with van der Waals surface area (Å²) in [6.45, 7) is 0. The third-order valence-corrected chi connectivity index (χ3v) is 1.59. The Morgan fingerprint density at radius 1 is 1.23 bits per heavy atom. The molecule has 2 rings (SSSR count). The molecule has 2 aromatic rings. The van der Waals surface area contributed by atoms with E-state index in [4.69, 9.17) is 4.42 Å². The van der Waals surface area contributed by atoms with Crippen LogP contribution in [0.5, 0.6) is 0 Å². The van der Waals surface area contributed by atoms with E-state index in [0.29, 0.717) is 17.8 Å². The van der Waals surface area contributed by atoms with Crippen molar-refractivity contribution in [3.8, 4) is 11.3 Å². The first-order valence-corrected chi connectivity index (χ1v) is 3.70. The fourth-order valence-corrected chi connectivity index (χ4v) is 0.998. The number of furan rings is 1. The van der Waals surface area contributed by atoms with Crippen LogP contribution in [0.1, 0.15) is 10.6 Å². The van der Waals surface area contributed by atoms with Crippen molar-refractivity contribution < 1.29 is 9.21 Å². The molecule has 4 heteroatoms. The number of carbonyl (C=O) groups excluding carboxylic acids is 1. The summed E-state index contributed by atoms with van der Waals surface area (Å²) in [4.78, 5) is 18.0. The molecular formula is C9H6N2O2. The SMILES string of the molecule is O=Cc1ccc(-c2cncnc2)o1. The molecule has 2 aromatic heterocycles. The monoisotopic (exact) mass is 174 g/mol. The zero-order chi connectivity index (χ0) is 9.10.